The lowest BCUT2D eigenvalue weighted by Crippen LogP contribution is -2.32. The number of hydrogen-bond acceptors (Lipinski definition) is 4. The summed E-state index contributed by atoms with van der Waals surface area (Å²) in [5.41, 5.74) is 2.58. The van der Waals surface area contributed by atoms with Crippen molar-refractivity contribution in [1.29, 1.82) is 0 Å². The van der Waals surface area contributed by atoms with Gasteiger partial charge in [0.1, 0.15) is 5.69 Å². The van der Waals surface area contributed by atoms with Crippen LogP contribution in [0.15, 0.2) is 59.5 Å². The topological polar surface area (TPSA) is 79.0 Å². The molecule has 1 aromatic carbocycles. The van der Waals surface area contributed by atoms with Crippen LogP contribution in [0.3, 0.4) is 0 Å². The number of likely N-dealkylation sites (N-methyl/N-ethyl adjacent to an activating group) is 1. The molecule has 2 aromatic heterocycles. The van der Waals surface area contributed by atoms with E-state index < -0.39 is 0 Å². The number of aryl methyl sites for hydroxylation is 2. The quantitative estimate of drug-likeness (QED) is 0.599. The molecule has 0 aliphatic rings. The van der Waals surface area contributed by atoms with Crippen molar-refractivity contribution >= 4 is 5.91 Å². The van der Waals surface area contributed by atoms with E-state index in [1.54, 1.807) is 37.2 Å². The number of nitrogens with one attached hydrogen (secondary N) is 1. The van der Waals surface area contributed by atoms with Crippen molar-refractivity contribution in [3.05, 3.63) is 81.9 Å². The Morgan fingerprint density at radius 2 is 1.83 bits per heavy atom. The van der Waals surface area contributed by atoms with Crippen LogP contribution in [0.1, 0.15) is 29.7 Å². The first-order chi connectivity index (χ1) is 14.0. The second-order valence-electron chi connectivity index (χ2n) is 7.13. The summed E-state index contributed by atoms with van der Waals surface area (Å²) >= 11 is 0. The molecule has 0 unspecified atom stereocenters. The largest absolute Gasteiger partial charge is 0.345 e. The van der Waals surface area contributed by atoms with Gasteiger partial charge in [0.2, 0.25) is 5.91 Å². The summed E-state index contributed by atoms with van der Waals surface area (Å²) in [6, 6.07) is 15.7. The zero-order chi connectivity index (χ0) is 20.6. The molecule has 1 amide bonds. The number of unbranched alkanes of at least 4 members (excludes halogenated alkanes) is 1. The Morgan fingerprint density at radius 3 is 2.52 bits per heavy atom. The minimum Gasteiger partial charge on any atom is -0.345 e. The number of aromatic nitrogens is 3. The van der Waals surface area contributed by atoms with Crippen LogP contribution in [-0.2, 0) is 17.6 Å². The number of carbonyl (C=O) groups is 1. The molecule has 6 nitrogen and oxygen atoms in total. The van der Waals surface area contributed by atoms with Crippen LogP contribution in [0.2, 0.25) is 0 Å². The number of benzene rings is 1. The summed E-state index contributed by atoms with van der Waals surface area (Å²) in [5.74, 6) is 0.337. The van der Waals surface area contributed by atoms with E-state index in [2.05, 4.69) is 27.1 Å². The molecular weight excluding hydrogens is 364 g/mol. The van der Waals surface area contributed by atoms with Gasteiger partial charge in [-0.2, -0.15) is 0 Å². The van der Waals surface area contributed by atoms with E-state index >= 15 is 0 Å². The number of H-pyrrole nitrogens is 1. The third-order valence-electron chi connectivity index (χ3n) is 4.94. The average Bonchev–Trinajstić information content (AvgIpc) is 2.74. The molecule has 1 N–H and O–H groups in total. The summed E-state index contributed by atoms with van der Waals surface area (Å²) in [7, 11) is 1.78. The van der Waals surface area contributed by atoms with E-state index in [1.807, 2.05) is 24.3 Å². The van der Waals surface area contributed by atoms with Crippen LogP contribution in [0.5, 0.6) is 0 Å². The SMILES string of the molecule is Cc1nc(-c2ccccn2)[nH]c(=O)c1CC(=O)N(C)CCCCc1ccccc1. The Kier molecular flexibility index (Phi) is 6.89. The molecule has 29 heavy (non-hydrogen) atoms. The zero-order valence-electron chi connectivity index (χ0n) is 16.9. The molecule has 150 valence electrons. The van der Waals surface area contributed by atoms with Crippen molar-refractivity contribution in [2.45, 2.75) is 32.6 Å². The van der Waals surface area contributed by atoms with Crippen LogP contribution in [0.25, 0.3) is 11.5 Å². The standard InChI is InChI=1S/C23H26N4O2/c1-17-19(23(29)26-22(25-17)20-13-6-8-14-24-20)16-21(28)27(2)15-9-7-12-18-10-4-3-5-11-18/h3-6,8,10-11,13-14H,7,9,12,15-16H2,1-2H3,(H,25,26,29). The van der Waals surface area contributed by atoms with Gasteiger partial charge < -0.3 is 9.88 Å². The molecule has 0 saturated carbocycles. The van der Waals surface area contributed by atoms with E-state index in [0.717, 1.165) is 19.3 Å². The van der Waals surface area contributed by atoms with Crippen molar-refractivity contribution in [2.24, 2.45) is 0 Å². The Morgan fingerprint density at radius 1 is 1.07 bits per heavy atom. The summed E-state index contributed by atoms with van der Waals surface area (Å²) in [6.45, 7) is 2.42. The fraction of sp³-hybridized carbons (Fsp3) is 0.304. The number of carbonyl (C=O) groups excluding carboxylic acids is 1. The summed E-state index contributed by atoms with van der Waals surface area (Å²) in [5, 5.41) is 0. The first-order valence-electron chi connectivity index (χ1n) is 9.83. The van der Waals surface area contributed by atoms with Crippen LogP contribution < -0.4 is 5.56 Å². The molecule has 0 bridgehead atoms. The van der Waals surface area contributed by atoms with Gasteiger partial charge in [0.25, 0.3) is 5.56 Å². The molecule has 0 aliphatic heterocycles. The van der Waals surface area contributed by atoms with E-state index in [1.165, 1.54) is 5.56 Å². The van der Waals surface area contributed by atoms with Crippen molar-refractivity contribution in [2.75, 3.05) is 13.6 Å². The van der Waals surface area contributed by atoms with Crippen LogP contribution in [0.4, 0.5) is 0 Å². The first-order valence-corrected chi connectivity index (χ1v) is 9.83. The third kappa shape index (κ3) is 5.60. The highest BCUT2D eigenvalue weighted by Crippen LogP contribution is 2.12. The van der Waals surface area contributed by atoms with Crippen molar-refractivity contribution in [3.8, 4) is 11.5 Å². The molecule has 0 aliphatic carbocycles. The number of rotatable bonds is 8. The molecule has 0 atom stereocenters. The number of pyridine rings is 1. The van der Waals surface area contributed by atoms with E-state index in [9.17, 15) is 9.59 Å². The fourth-order valence-electron chi connectivity index (χ4n) is 3.18. The van der Waals surface area contributed by atoms with Gasteiger partial charge in [0.15, 0.2) is 5.82 Å². The minimum absolute atomic E-state index is 0.0475. The van der Waals surface area contributed by atoms with E-state index in [0.29, 0.717) is 29.3 Å². The Labute approximate surface area is 170 Å². The van der Waals surface area contributed by atoms with Crippen molar-refractivity contribution in [1.82, 2.24) is 19.9 Å². The average molecular weight is 390 g/mol. The molecule has 3 rings (SSSR count). The maximum atomic E-state index is 12.6. The lowest BCUT2D eigenvalue weighted by Gasteiger charge is -2.17. The zero-order valence-corrected chi connectivity index (χ0v) is 16.9. The molecule has 6 heteroatoms. The Hall–Kier alpha value is -3.28. The lowest BCUT2D eigenvalue weighted by molar-refractivity contribution is -0.129. The predicted molar refractivity (Wildman–Crippen MR) is 114 cm³/mol. The van der Waals surface area contributed by atoms with Gasteiger partial charge in [0.05, 0.1) is 6.42 Å². The second kappa shape index (κ2) is 9.78. The van der Waals surface area contributed by atoms with Crippen molar-refractivity contribution < 1.29 is 4.79 Å². The monoisotopic (exact) mass is 390 g/mol. The van der Waals surface area contributed by atoms with E-state index in [-0.39, 0.29) is 17.9 Å². The molecule has 0 fully saturated rings. The van der Waals surface area contributed by atoms with Crippen LogP contribution >= 0.6 is 0 Å². The van der Waals surface area contributed by atoms with Crippen molar-refractivity contribution in [3.63, 3.8) is 0 Å². The number of amides is 1. The molecule has 0 saturated heterocycles. The Bertz CT molecular complexity index is 1000. The Balaban J connectivity index is 1.56. The first kappa shape index (κ1) is 20.5. The molecule has 0 spiro atoms. The summed E-state index contributed by atoms with van der Waals surface area (Å²) < 4.78 is 0. The minimum atomic E-state index is -0.288. The maximum Gasteiger partial charge on any atom is 0.255 e. The molecule has 0 radical (unpaired) electrons. The number of aromatic amines is 1. The van der Waals surface area contributed by atoms with Gasteiger partial charge in [-0.3, -0.25) is 14.6 Å². The van der Waals surface area contributed by atoms with Crippen LogP contribution in [0, 0.1) is 6.92 Å². The smallest absolute Gasteiger partial charge is 0.255 e. The number of nitrogens with zero attached hydrogens (tertiary/aromatic N) is 3. The number of hydrogen-bond donors (Lipinski definition) is 1. The van der Waals surface area contributed by atoms with Gasteiger partial charge >= 0.3 is 0 Å². The normalized spacial score (nSPS) is 10.7. The highest BCUT2D eigenvalue weighted by molar-refractivity contribution is 5.78. The summed E-state index contributed by atoms with van der Waals surface area (Å²) in [6.07, 6.45) is 4.63. The maximum absolute atomic E-state index is 12.6. The van der Waals surface area contributed by atoms with E-state index in [4.69, 9.17) is 0 Å². The molecule has 2 heterocycles. The molecule has 3 aromatic rings. The predicted octanol–water partition coefficient (Wildman–Crippen LogP) is 3.16. The van der Waals surface area contributed by atoms with Gasteiger partial charge in [-0.1, -0.05) is 36.4 Å². The van der Waals surface area contributed by atoms with Gasteiger partial charge in [-0.05, 0) is 43.9 Å². The molecular formula is C23H26N4O2. The third-order valence-corrected chi connectivity index (χ3v) is 4.94. The van der Waals surface area contributed by atoms with Crippen LogP contribution in [-0.4, -0.2) is 39.4 Å². The van der Waals surface area contributed by atoms with Gasteiger partial charge in [-0.15, -0.1) is 0 Å². The highest BCUT2D eigenvalue weighted by Gasteiger charge is 2.16. The highest BCUT2D eigenvalue weighted by atomic mass is 16.2. The van der Waals surface area contributed by atoms with Gasteiger partial charge in [-0.25, -0.2) is 4.98 Å². The fourth-order valence-corrected chi connectivity index (χ4v) is 3.18. The lowest BCUT2D eigenvalue weighted by atomic mass is 10.1. The summed E-state index contributed by atoms with van der Waals surface area (Å²) in [4.78, 5) is 38.2. The second-order valence-corrected chi connectivity index (χ2v) is 7.13. The van der Waals surface area contributed by atoms with Gasteiger partial charge in [0, 0.05) is 31.0 Å².